The van der Waals surface area contributed by atoms with E-state index in [9.17, 15) is 8.78 Å². The van der Waals surface area contributed by atoms with Crippen LogP contribution in [-0.4, -0.2) is 25.2 Å². The van der Waals surface area contributed by atoms with Crippen LogP contribution in [0.4, 0.5) is 8.78 Å². The monoisotopic (exact) mass is 257 g/mol. The molecule has 0 aromatic heterocycles. The van der Waals surface area contributed by atoms with E-state index in [0.717, 1.165) is 12.1 Å². The van der Waals surface area contributed by atoms with Crippen molar-refractivity contribution in [2.45, 2.75) is 19.9 Å². The van der Waals surface area contributed by atoms with Crippen LogP contribution in [0, 0.1) is 11.6 Å². The van der Waals surface area contributed by atoms with Crippen molar-refractivity contribution < 1.29 is 13.5 Å². The number of nitrogens with one attached hydrogen (secondary N) is 1. The van der Waals surface area contributed by atoms with Gasteiger partial charge in [-0.15, -0.1) is 0 Å². The lowest BCUT2D eigenvalue weighted by atomic mass is 10.3. The molecule has 3 N–H and O–H groups in total. The van der Waals surface area contributed by atoms with Crippen LogP contribution >= 0.6 is 0 Å². The van der Waals surface area contributed by atoms with E-state index in [4.69, 9.17) is 10.5 Å². The number of guanidine groups is 1. The highest BCUT2D eigenvalue weighted by Crippen LogP contribution is 2.17. The highest BCUT2D eigenvalue weighted by Gasteiger charge is 2.04. The molecule has 1 aromatic carbocycles. The highest BCUT2D eigenvalue weighted by atomic mass is 19.1. The molecule has 0 unspecified atom stereocenters. The fourth-order valence-corrected chi connectivity index (χ4v) is 1.26. The van der Waals surface area contributed by atoms with Gasteiger partial charge >= 0.3 is 0 Å². The van der Waals surface area contributed by atoms with Gasteiger partial charge in [-0.25, -0.2) is 13.8 Å². The molecule has 0 saturated carbocycles. The van der Waals surface area contributed by atoms with E-state index >= 15 is 0 Å². The number of halogens is 2. The van der Waals surface area contributed by atoms with E-state index in [2.05, 4.69) is 10.3 Å². The number of rotatable bonds is 5. The lowest BCUT2D eigenvalue weighted by molar-refractivity contribution is 0.310. The SMILES string of the molecule is CC(C)NC(N)=NCCOc1ccc(F)cc1F. The van der Waals surface area contributed by atoms with Crippen LogP contribution in [0.5, 0.6) is 5.75 Å². The Labute approximate surface area is 105 Å². The first-order chi connectivity index (χ1) is 8.49. The maximum atomic E-state index is 13.2. The molecule has 100 valence electrons. The number of benzene rings is 1. The normalized spacial score (nSPS) is 11.7. The Bertz CT molecular complexity index is 422. The van der Waals surface area contributed by atoms with Crippen LogP contribution in [0.1, 0.15) is 13.8 Å². The topological polar surface area (TPSA) is 59.6 Å². The summed E-state index contributed by atoms with van der Waals surface area (Å²) in [6.07, 6.45) is 0. The Balaban J connectivity index is 2.38. The average molecular weight is 257 g/mol. The summed E-state index contributed by atoms with van der Waals surface area (Å²) in [5.41, 5.74) is 5.56. The minimum absolute atomic E-state index is 0.00184. The fourth-order valence-electron chi connectivity index (χ4n) is 1.26. The highest BCUT2D eigenvalue weighted by molar-refractivity contribution is 5.78. The van der Waals surface area contributed by atoms with Gasteiger partial charge in [0.05, 0.1) is 6.54 Å². The van der Waals surface area contributed by atoms with Gasteiger partial charge in [-0.1, -0.05) is 0 Å². The zero-order chi connectivity index (χ0) is 13.5. The molecule has 18 heavy (non-hydrogen) atoms. The van der Waals surface area contributed by atoms with Gasteiger partial charge in [0.25, 0.3) is 0 Å². The average Bonchev–Trinajstić information content (AvgIpc) is 2.25. The van der Waals surface area contributed by atoms with E-state index in [1.807, 2.05) is 13.8 Å². The Morgan fingerprint density at radius 2 is 2.17 bits per heavy atom. The molecule has 1 aromatic rings. The molecule has 0 aliphatic rings. The summed E-state index contributed by atoms with van der Waals surface area (Å²) < 4.78 is 30.9. The molecule has 0 aliphatic carbocycles. The van der Waals surface area contributed by atoms with Gasteiger partial charge in [0.2, 0.25) is 0 Å². The molecule has 1 rings (SSSR count). The molecule has 0 spiro atoms. The smallest absolute Gasteiger partial charge is 0.188 e. The first-order valence-electron chi connectivity index (χ1n) is 5.63. The quantitative estimate of drug-likeness (QED) is 0.479. The second-order valence-corrected chi connectivity index (χ2v) is 3.99. The fraction of sp³-hybridized carbons (Fsp3) is 0.417. The van der Waals surface area contributed by atoms with E-state index in [1.165, 1.54) is 6.07 Å². The zero-order valence-corrected chi connectivity index (χ0v) is 10.4. The van der Waals surface area contributed by atoms with E-state index < -0.39 is 11.6 Å². The lowest BCUT2D eigenvalue weighted by Gasteiger charge is -2.09. The lowest BCUT2D eigenvalue weighted by Crippen LogP contribution is -2.37. The molecule has 4 nitrogen and oxygen atoms in total. The van der Waals surface area contributed by atoms with Gasteiger partial charge in [0, 0.05) is 12.1 Å². The Hall–Kier alpha value is -1.85. The van der Waals surface area contributed by atoms with Crippen molar-refractivity contribution in [1.29, 1.82) is 0 Å². The number of hydrogen-bond acceptors (Lipinski definition) is 2. The molecule has 0 bridgehead atoms. The number of hydrogen-bond donors (Lipinski definition) is 2. The molecule has 0 fully saturated rings. The number of nitrogens with zero attached hydrogens (tertiary/aromatic N) is 1. The molecule has 0 saturated heterocycles. The number of aliphatic imine (C=N–C) groups is 1. The summed E-state index contributed by atoms with van der Waals surface area (Å²) in [5.74, 6) is -1.05. The van der Waals surface area contributed by atoms with Crippen molar-refractivity contribution in [3.63, 3.8) is 0 Å². The molecular formula is C12H17F2N3O. The molecule has 0 aliphatic heterocycles. The van der Waals surface area contributed by atoms with E-state index in [1.54, 1.807) is 0 Å². The molecule has 0 atom stereocenters. The molecule has 0 heterocycles. The largest absolute Gasteiger partial charge is 0.489 e. The van der Waals surface area contributed by atoms with Crippen molar-refractivity contribution in [3.05, 3.63) is 29.8 Å². The van der Waals surface area contributed by atoms with Crippen molar-refractivity contribution in [2.75, 3.05) is 13.2 Å². The number of nitrogens with two attached hydrogens (primary N) is 1. The predicted octanol–water partition coefficient (Wildman–Crippen LogP) is 1.66. The van der Waals surface area contributed by atoms with Gasteiger partial charge in [-0.2, -0.15) is 0 Å². The maximum absolute atomic E-state index is 13.2. The van der Waals surface area contributed by atoms with Gasteiger partial charge in [0.15, 0.2) is 17.5 Å². The Morgan fingerprint density at radius 1 is 1.44 bits per heavy atom. The molecular weight excluding hydrogens is 240 g/mol. The Morgan fingerprint density at radius 3 is 2.78 bits per heavy atom. The zero-order valence-electron chi connectivity index (χ0n) is 10.4. The second-order valence-electron chi connectivity index (χ2n) is 3.99. The van der Waals surface area contributed by atoms with Crippen LogP contribution in [0.15, 0.2) is 23.2 Å². The van der Waals surface area contributed by atoms with E-state index in [-0.39, 0.29) is 18.4 Å². The predicted molar refractivity (Wildman–Crippen MR) is 66.6 cm³/mol. The number of ether oxygens (including phenoxy) is 1. The standard InChI is InChI=1S/C12H17F2N3O/c1-8(2)17-12(15)16-5-6-18-11-4-3-9(13)7-10(11)14/h3-4,7-8H,5-6H2,1-2H3,(H3,15,16,17). The summed E-state index contributed by atoms with van der Waals surface area (Å²) in [5, 5.41) is 2.91. The Kier molecular flexibility index (Phi) is 5.35. The summed E-state index contributed by atoms with van der Waals surface area (Å²) in [7, 11) is 0. The van der Waals surface area contributed by atoms with Crippen LogP contribution in [0.2, 0.25) is 0 Å². The van der Waals surface area contributed by atoms with Crippen LogP contribution < -0.4 is 15.8 Å². The van der Waals surface area contributed by atoms with Crippen LogP contribution in [0.3, 0.4) is 0 Å². The third-order valence-corrected chi connectivity index (χ3v) is 1.96. The van der Waals surface area contributed by atoms with E-state index in [0.29, 0.717) is 12.5 Å². The van der Waals surface area contributed by atoms with Gasteiger partial charge in [-0.05, 0) is 26.0 Å². The van der Waals surface area contributed by atoms with Gasteiger partial charge < -0.3 is 15.8 Å². The van der Waals surface area contributed by atoms with Gasteiger partial charge in [-0.3, -0.25) is 0 Å². The van der Waals surface area contributed by atoms with Crippen molar-refractivity contribution >= 4 is 5.96 Å². The summed E-state index contributed by atoms with van der Waals surface area (Å²) in [6.45, 7) is 4.34. The van der Waals surface area contributed by atoms with Crippen molar-refractivity contribution in [2.24, 2.45) is 10.7 Å². The minimum atomic E-state index is -0.729. The molecule has 6 heteroatoms. The van der Waals surface area contributed by atoms with Crippen LogP contribution in [-0.2, 0) is 0 Å². The minimum Gasteiger partial charge on any atom is -0.489 e. The third-order valence-electron chi connectivity index (χ3n) is 1.96. The van der Waals surface area contributed by atoms with Gasteiger partial charge in [0.1, 0.15) is 12.4 Å². The summed E-state index contributed by atoms with van der Waals surface area (Å²) in [4.78, 5) is 3.99. The molecule has 0 amide bonds. The summed E-state index contributed by atoms with van der Waals surface area (Å²) in [6, 6.07) is 3.34. The first-order valence-corrected chi connectivity index (χ1v) is 5.63. The maximum Gasteiger partial charge on any atom is 0.188 e. The van der Waals surface area contributed by atoms with Crippen molar-refractivity contribution in [3.8, 4) is 5.75 Å². The summed E-state index contributed by atoms with van der Waals surface area (Å²) >= 11 is 0. The first kappa shape index (κ1) is 14.2. The van der Waals surface area contributed by atoms with Crippen molar-refractivity contribution in [1.82, 2.24) is 5.32 Å². The second kappa shape index (κ2) is 6.78. The van der Waals surface area contributed by atoms with Crippen LogP contribution in [0.25, 0.3) is 0 Å². The molecule has 0 radical (unpaired) electrons. The third kappa shape index (κ3) is 4.99.